The molecule has 16 nitrogen and oxygen atoms in total. The number of urea groups is 1. The van der Waals surface area contributed by atoms with E-state index in [1.807, 2.05) is 0 Å². The largest absolute Gasteiger partial charge is 0.529 e. The van der Waals surface area contributed by atoms with E-state index >= 15 is 0 Å². The van der Waals surface area contributed by atoms with Gasteiger partial charge in [-0.1, -0.05) is 6.42 Å². The number of nitrogens with zero attached hydrogens (tertiary/aromatic N) is 4. The van der Waals surface area contributed by atoms with Crippen LogP contribution < -0.4 is 16.4 Å². The molecule has 0 radical (unpaired) electrons. The second-order valence-corrected chi connectivity index (χ2v) is 11.9. The Bertz CT molecular complexity index is 1250. The highest BCUT2D eigenvalue weighted by Gasteiger charge is 2.46. The number of phosphoric acid groups is 1. The number of amides is 2. The molecule has 3 aliphatic heterocycles. The van der Waals surface area contributed by atoms with Crippen molar-refractivity contribution >= 4 is 48.6 Å². The summed E-state index contributed by atoms with van der Waals surface area (Å²) in [6.07, 6.45) is -0.985. The molecule has 8 atom stereocenters. The van der Waals surface area contributed by atoms with Crippen LogP contribution >= 0.6 is 19.6 Å². The number of imidazole rings is 1. The molecule has 18 heteroatoms. The Hall–Kier alpha value is -2.53. The highest BCUT2D eigenvalue weighted by molar-refractivity contribution is 8.00. The van der Waals surface area contributed by atoms with Crippen molar-refractivity contribution in [2.75, 3.05) is 18.1 Å². The number of anilines is 1. The lowest BCUT2D eigenvalue weighted by Gasteiger charge is -2.18. The van der Waals surface area contributed by atoms with Gasteiger partial charge in [0.2, 0.25) is 0 Å². The molecule has 0 spiro atoms. The summed E-state index contributed by atoms with van der Waals surface area (Å²) in [5.74, 6) is 0.0483. The van der Waals surface area contributed by atoms with Crippen LogP contribution in [0.2, 0.25) is 0 Å². The van der Waals surface area contributed by atoms with Gasteiger partial charge in [0.15, 0.2) is 17.7 Å². The van der Waals surface area contributed by atoms with Gasteiger partial charge in [-0.3, -0.25) is 18.8 Å². The molecule has 0 bridgehead atoms. The van der Waals surface area contributed by atoms with Gasteiger partial charge in [-0.25, -0.2) is 24.3 Å². The van der Waals surface area contributed by atoms with Crippen LogP contribution in [0.1, 0.15) is 31.9 Å². The first-order valence-electron chi connectivity index (χ1n) is 12.0. The third-order valence-corrected chi connectivity index (χ3v) is 9.09. The van der Waals surface area contributed by atoms with Crippen molar-refractivity contribution in [3.05, 3.63) is 12.7 Å². The molecule has 0 saturated carbocycles. The summed E-state index contributed by atoms with van der Waals surface area (Å²) in [4.78, 5) is 45.5. The number of thioether (sulfide) groups is 1. The van der Waals surface area contributed by atoms with Gasteiger partial charge < -0.3 is 35.8 Å². The van der Waals surface area contributed by atoms with Crippen LogP contribution in [-0.2, 0) is 23.1 Å². The van der Waals surface area contributed by atoms with Crippen molar-refractivity contribution in [1.29, 1.82) is 0 Å². The number of aliphatic hydroxyl groups excluding tert-OH is 2. The van der Waals surface area contributed by atoms with E-state index in [1.54, 1.807) is 11.8 Å². The molecular formula is C20H28N7O9PS. The summed E-state index contributed by atoms with van der Waals surface area (Å²) in [7, 11) is -4.80. The SMILES string of the molecule is Nc1ncnc2c1ncn2[C@@H]1O[C@H](COP(=O)(O)OC(=O)CCCC[C@@H]2SCC3NC(=O)NC32)[C@@H](O)[C@H]1O. The normalized spacial score (nSPS) is 32.1. The van der Waals surface area contributed by atoms with E-state index in [9.17, 15) is 29.3 Å². The van der Waals surface area contributed by atoms with E-state index < -0.39 is 44.9 Å². The van der Waals surface area contributed by atoms with Crippen LogP contribution in [0.3, 0.4) is 0 Å². The number of nitrogens with two attached hydrogens (primary N) is 1. The third-order valence-electron chi connectivity index (χ3n) is 6.68. The minimum Gasteiger partial charge on any atom is -0.387 e. The maximum Gasteiger partial charge on any atom is 0.529 e. The number of phosphoric ester groups is 1. The summed E-state index contributed by atoms with van der Waals surface area (Å²) in [5, 5.41) is 26.9. The van der Waals surface area contributed by atoms with Crippen LogP contribution in [0.25, 0.3) is 11.2 Å². The minimum atomic E-state index is -4.80. The Morgan fingerprint density at radius 1 is 1.26 bits per heavy atom. The lowest BCUT2D eigenvalue weighted by Crippen LogP contribution is -2.36. The molecule has 2 aromatic heterocycles. The average molecular weight is 574 g/mol. The number of aliphatic hydroxyl groups is 2. The predicted octanol–water partition coefficient (Wildman–Crippen LogP) is -0.586. The van der Waals surface area contributed by atoms with E-state index in [2.05, 4.69) is 30.1 Å². The van der Waals surface area contributed by atoms with Gasteiger partial charge in [0, 0.05) is 17.4 Å². The summed E-state index contributed by atoms with van der Waals surface area (Å²) in [6, 6.07) is 0.0180. The van der Waals surface area contributed by atoms with E-state index in [0.717, 1.165) is 12.2 Å². The molecule has 5 heterocycles. The van der Waals surface area contributed by atoms with Gasteiger partial charge in [0.1, 0.15) is 30.2 Å². The van der Waals surface area contributed by atoms with Crippen LogP contribution in [-0.4, -0.2) is 94.6 Å². The molecule has 3 aliphatic rings. The molecule has 2 amide bonds. The lowest BCUT2D eigenvalue weighted by molar-refractivity contribution is -0.136. The molecule has 3 fully saturated rings. The molecule has 2 aromatic rings. The van der Waals surface area contributed by atoms with Gasteiger partial charge in [-0.15, -0.1) is 0 Å². The fourth-order valence-electron chi connectivity index (χ4n) is 4.78. The topological polar surface area (TPSA) is 233 Å². The predicted molar refractivity (Wildman–Crippen MR) is 131 cm³/mol. The molecule has 0 aliphatic carbocycles. The maximum absolute atomic E-state index is 12.3. The summed E-state index contributed by atoms with van der Waals surface area (Å²) in [6.45, 7) is -0.638. The number of unbranched alkanes of at least 4 members (excludes halogenated alkanes) is 1. The Morgan fingerprint density at radius 2 is 2.08 bits per heavy atom. The Labute approximate surface area is 220 Å². The molecule has 208 valence electrons. The quantitative estimate of drug-likeness (QED) is 0.119. The van der Waals surface area contributed by atoms with Crippen LogP contribution in [0.15, 0.2) is 12.7 Å². The zero-order valence-electron chi connectivity index (χ0n) is 20.0. The van der Waals surface area contributed by atoms with Crippen molar-refractivity contribution in [3.63, 3.8) is 0 Å². The van der Waals surface area contributed by atoms with E-state index in [-0.39, 0.29) is 46.8 Å². The number of carbonyl (C=O) groups is 2. The highest BCUT2D eigenvalue weighted by Crippen LogP contribution is 2.45. The molecule has 5 rings (SSSR count). The second kappa shape index (κ2) is 10.9. The number of nitrogen functional groups attached to an aromatic ring is 1. The smallest absolute Gasteiger partial charge is 0.387 e. The Kier molecular flexibility index (Phi) is 7.77. The monoisotopic (exact) mass is 573 g/mol. The van der Waals surface area contributed by atoms with Gasteiger partial charge in [0.05, 0.1) is 25.0 Å². The van der Waals surface area contributed by atoms with E-state index in [4.69, 9.17) is 15.0 Å². The number of carbonyl (C=O) groups excluding carboxylic acids is 2. The first kappa shape index (κ1) is 27.1. The number of aromatic nitrogens is 4. The van der Waals surface area contributed by atoms with Crippen molar-refractivity contribution in [1.82, 2.24) is 30.2 Å². The number of nitrogens with one attached hydrogen (secondary N) is 2. The first-order chi connectivity index (χ1) is 18.1. The Morgan fingerprint density at radius 3 is 2.89 bits per heavy atom. The lowest BCUT2D eigenvalue weighted by atomic mass is 10.0. The van der Waals surface area contributed by atoms with E-state index in [0.29, 0.717) is 12.8 Å². The summed E-state index contributed by atoms with van der Waals surface area (Å²) in [5.41, 5.74) is 6.30. The Balaban J connectivity index is 1.06. The zero-order chi connectivity index (χ0) is 27.0. The minimum absolute atomic E-state index is 0.0655. The summed E-state index contributed by atoms with van der Waals surface area (Å²) >= 11 is 1.76. The standard InChI is InChI=1S/C20H28N7O9PS/c21-17-14-18(23-7-22-17)27(8-24-14)19-16(30)15(29)10(35-19)5-34-37(32,33)36-12(28)4-2-1-3-11-13-9(6-38-11)25-20(31)26-13/h7-11,13,15-16,19,29-30H,1-6H2,(H,32,33)(H2,21,22,23)(H2,25,26,31)/t9?,10-,11+,13?,15-,16-,19-/m1/s1. The van der Waals surface area contributed by atoms with Crippen molar-refractivity contribution < 1.29 is 43.0 Å². The van der Waals surface area contributed by atoms with Crippen LogP contribution in [0, 0.1) is 0 Å². The molecule has 7 N–H and O–H groups in total. The maximum atomic E-state index is 12.3. The first-order valence-corrected chi connectivity index (χ1v) is 14.5. The van der Waals surface area contributed by atoms with Crippen molar-refractivity contribution in [2.45, 2.75) is 67.6 Å². The van der Waals surface area contributed by atoms with Gasteiger partial charge in [-0.2, -0.15) is 11.8 Å². The number of ether oxygens (including phenoxy) is 1. The van der Waals surface area contributed by atoms with Crippen LogP contribution in [0.4, 0.5) is 10.6 Å². The number of fused-ring (bicyclic) bond motifs is 2. The molecule has 3 saturated heterocycles. The number of hydrogen-bond acceptors (Lipinski definition) is 13. The van der Waals surface area contributed by atoms with Gasteiger partial charge in [-0.05, 0) is 12.8 Å². The van der Waals surface area contributed by atoms with Crippen molar-refractivity contribution in [2.24, 2.45) is 0 Å². The fraction of sp³-hybridized carbons (Fsp3) is 0.650. The molecule has 38 heavy (non-hydrogen) atoms. The zero-order valence-corrected chi connectivity index (χ0v) is 21.7. The summed E-state index contributed by atoms with van der Waals surface area (Å²) < 4.78 is 28.8. The number of rotatable bonds is 10. The third kappa shape index (κ3) is 5.59. The molecule has 3 unspecified atom stereocenters. The number of hydrogen-bond donors (Lipinski definition) is 6. The fourth-order valence-corrected chi connectivity index (χ4v) is 7.06. The molecule has 0 aromatic carbocycles. The van der Waals surface area contributed by atoms with Gasteiger partial charge >= 0.3 is 19.8 Å². The average Bonchev–Trinajstić information content (AvgIpc) is 3.61. The second-order valence-electron chi connectivity index (χ2n) is 9.22. The molecular weight excluding hydrogens is 545 g/mol. The van der Waals surface area contributed by atoms with E-state index in [1.165, 1.54) is 17.2 Å². The van der Waals surface area contributed by atoms with Gasteiger partial charge in [0.25, 0.3) is 0 Å². The van der Waals surface area contributed by atoms with Crippen molar-refractivity contribution in [3.8, 4) is 0 Å². The van der Waals surface area contributed by atoms with Crippen LogP contribution in [0.5, 0.6) is 0 Å². The highest BCUT2D eigenvalue weighted by atomic mass is 32.2.